The van der Waals surface area contributed by atoms with Gasteiger partial charge in [-0.3, -0.25) is 14.6 Å². The average molecular weight is 640 g/mol. The lowest BCUT2D eigenvalue weighted by Gasteiger charge is -2.32. The molecule has 1 N–H and O–H groups in total. The maximum Gasteiger partial charge on any atom is 0.269 e. The molecule has 3 aliphatic heterocycles. The molecule has 6 rings (SSSR count). The standard InChI is InChI=1S/C34H37N7O2S2/c1-4-36-27-12-10-25(22-35)20-28(27)37-34-41(23-24-8-6-5-7-9-24)32(42)31(45-34)33-39(3)29-21-26(11-13-30(29)44-33)43-19-18-40-16-14-38(2)15-17-40/h5-13,20-21,36H,4,14-19,23H2,1-3H3/b33-31-,37-34+. The normalized spacial score (nSPS) is 19.7. The lowest BCUT2D eigenvalue weighted by atomic mass is 10.2. The summed E-state index contributed by atoms with van der Waals surface area (Å²) in [6, 6.07) is 23.7. The second-order valence-electron chi connectivity index (χ2n) is 11.2. The number of fused-ring (bicyclic) bond motifs is 1. The largest absolute Gasteiger partial charge is 0.492 e. The summed E-state index contributed by atoms with van der Waals surface area (Å²) >= 11 is 2.97. The van der Waals surface area contributed by atoms with Gasteiger partial charge in [-0.05, 0) is 61.6 Å². The molecule has 0 atom stereocenters. The Labute approximate surface area is 273 Å². The molecule has 2 saturated heterocycles. The van der Waals surface area contributed by atoms with Gasteiger partial charge in [0.05, 0.1) is 40.3 Å². The summed E-state index contributed by atoms with van der Waals surface area (Å²) in [5.74, 6) is 0.739. The van der Waals surface area contributed by atoms with E-state index in [0.717, 1.165) is 65.3 Å². The molecule has 0 saturated carbocycles. The van der Waals surface area contributed by atoms with Crippen LogP contribution in [0.1, 0.15) is 18.1 Å². The highest BCUT2D eigenvalue weighted by atomic mass is 32.2. The zero-order chi connectivity index (χ0) is 31.3. The highest BCUT2D eigenvalue weighted by Crippen LogP contribution is 2.51. The van der Waals surface area contributed by atoms with Gasteiger partial charge in [-0.25, -0.2) is 4.99 Å². The fourth-order valence-electron chi connectivity index (χ4n) is 5.44. The second-order valence-corrected chi connectivity index (χ2v) is 13.2. The average Bonchev–Trinajstić information content (AvgIpc) is 3.54. The van der Waals surface area contributed by atoms with Crippen molar-refractivity contribution in [2.75, 3.05) is 70.2 Å². The molecule has 0 radical (unpaired) electrons. The van der Waals surface area contributed by atoms with Crippen molar-refractivity contribution in [2.45, 2.75) is 18.4 Å². The van der Waals surface area contributed by atoms with Crippen molar-refractivity contribution in [1.29, 1.82) is 5.26 Å². The van der Waals surface area contributed by atoms with E-state index in [4.69, 9.17) is 9.73 Å². The zero-order valence-electron chi connectivity index (χ0n) is 25.8. The van der Waals surface area contributed by atoms with Crippen LogP contribution in [0.25, 0.3) is 0 Å². The van der Waals surface area contributed by atoms with E-state index in [0.29, 0.717) is 41.0 Å². The Morgan fingerprint density at radius 1 is 1.00 bits per heavy atom. The van der Waals surface area contributed by atoms with E-state index in [1.54, 1.807) is 28.8 Å². The number of nitriles is 1. The SMILES string of the molecule is CCNc1ccc(C#N)cc1/N=C1/S/C(=C2\Sc3ccc(OCCN4CCN(C)CC4)cc3N2C)C(=O)N1Cc1ccccc1. The maximum absolute atomic E-state index is 14.1. The Bertz CT molecular complexity index is 1660. The van der Waals surface area contributed by atoms with Crippen molar-refractivity contribution in [2.24, 2.45) is 4.99 Å². The van der Waals surface area contributed by atoms with E-state index in [1.165, 1.54) is 11.8 Å². The van der Waals surface area contributed by atoms with Crippen molar-refractivity contribution in [3.05, 3.63) is 87.8 Å². The molecule has 3 aromatic rings. The van der Waals surface area contributed by atoms with Crippen LogP contribution in [0.3, 0.4) is 0 Å². The minimum atomic E-state index is -0.0881. The molecule has 3 aliphatic rings. The van der Waals surface area contributed by atoms with Crippen LogP contribution in [0.4, 0.5) is 17.1 Å². The molecule has 11 heteroatoms. The van der Waals surface area contributed by atoms with Gasteiger partial charge in [0.25, 0.3) is 5.91 Å². The van der Waals surface area contributed by atoms with Gasteiger partial charge in [0.1, 0.15) is 17.3 Å². The predicted molar refractivity (Wildman–Crippen MR) is 184 cm³/mol. The first-order valence-corrected chi connectivity index (χ1v) is 16.8. The van der Waals surface area contributed by atoms with Gasteiger partial charge in [-0.1, -0.05) is 42.1 Å². The van der Waals surface area contributed by atoms with E-state index >= 15 is 0 Å². The number of aliphatic imine (C=N–C) groups is 1. The molecule has 45 heavy (non-hydrogen) atoms. The minimum Gasteiger partial charge on any atom is -0.492 e. The molecule has 9 nitrogen and oxygen atoms in total. The Hall–Kier alpha value is -3.95. The fraction of sp³-hybridized carbons (Fsp3) is 0.324. The lowest BCUT2D eigenvalue weighted by Crippen LogP contribution is -2.45. The summed E-state index contributed by atoms with van der Waals surface area (Å²) in [6.45, 7) is 8.98. The van der Waals surface area contributed by atoms with Crippen LogP contribution in [0.5, 0.6) is 5.75 Å². The molecule has 0 bridgehead atoms. The van der Waals surface area contributed by atoms with Crippen molar-refractivity contribution >= 4 is 51.7 Å². The summed E-state index contributed by atoms with van der Waals surface area (Å²) in [5.41, 5.74) is 3.99. The first kappa shape index (κ1) is 31.0. The summed E-state index contributed by atoms with van der Waals surface area (Å²) in [5, 5.41) is 14.3. The minimum absolute atomic E-state index is 0.0881. The van der Waals surface area contributed by atoms with Crippen LogP contribution in [0.2, 0.25) is 0 Å². The topological polar surface area (TPSA) is 87.4 Å². The van der Waals surface area contributed by atoms with Crippen LogP contribution in [-0.2, 0) is 11.3 Å². The molecule has 232 valence electrons. The monoisotopic (exact) mass is 639 g/mol. The molecule has 0 unspecified atom stereocenters. The number of benzene rings is 3. The number of likely N-dealkylation sites (N-methyl/N-ethyl adjacent to an activating group) is 1. The quantitative estimate of drug-likeness (QED) is 0.293. The fourth-order valence-corrected chi connectivity index (χ4v) is 7.76. The van der Waals surface area contributed by atoms with E-state index < -0.39 is 0 Å². The molecule has 0 aromatic heterocycles. The number of carbonyl (C=O) groups excluding carboxylic acids is 1. The van der Waals surface area contributed by atoms with Gasteiger partial charge in [-0.2, -0.15) is 5.26 Å². The number of amidine groups is 1. The number of anilines is 2. The van der Waals surface area contributed by atoms with E-state index in [2.05, 4.69) is 45.3 Å². The number of carbonyl (C=O) groups is 1. The second kappa shape index (κ2) is 14.0. The Balaban J connectivity index is 1.26. The highest BCUT2D eigenvalue weighted by Gasteiger charge is 2.39. The van der Waals surface area contributed by atoms with Crippen molar-refractivity contribution in [1.82, 2.24) is 14.7 Å². The number of piperazine rings is 1. The number of hydrogen-bond donors (Lipinski definition) is 1. The number of rotatable bonds is 9. The third-order valence-corrected chi connectivity index (χ3v) is 10.5. The van der Waals surface area contributed by atoms with Crippen molar-refractivity contribution < 1.29 is 9.53 Å². The highest BCUT2D eigenvalue weighted by molar-refractivity contribution is 8.19. The van der Waals surface area contributed by atoms with Gasteiger partial charge in [0.2, 0.25) is 0 Å². The number of amides is 1. The van der Waals surface area contributed by atoms with Crippen LogP contribution >= 0.6 is 23.5 Å². The Kier molecular flexibility index (Phi) is 9.66. The van der Waals surface area contributed by atoms with Gasteiger partial charge < -0.3 is 19.9 Å². The molecular weight excluding hydrogens is 603 g/mol. The number of ether oxygens (including phenoxy) is 1. The number of nitrogens with one attached hydrogen (secondary N) is 1. The van der Waals surface area contributed by atoms with Crippen molar-refractivity contribution in [3.8, 4) is 11.8 Å². The Morgan fingerprint density at radius 3 is 2.56 bits per heavy atom. The van der Waals surface area contributed by atoms with Gasteiger partial charge >= 0.3 is 0 Å². The van der Waals surface area contributed by atoms with Crippen LogP contribution in [-0.4, -0.2) is 85.7 Å². The zero-order valence-corrected chi connectivity index (χ0v) is 27.5. The summed E-state index contributed by atoms with van der Waals surface area (Å²) in [6.07, 6.45) is 0. The smallest absolute Gasteiger partial charge is 0.269 e. The van der Waals surface area contributed by atoms with Crippen molar-refractivity contribution in [3.63, 3.8) is 0 Å². The molecule has 0 spiro atoms. The first-order chi connectivity index (χ1) is 21.9. The molecule has 0 aliphatic carbocycles. The predicted octanol–water partition coefficient (Wildman–Crippen LogP) is 5.79. The first-order valence-electron chi connectivity index (χ1n) is 15.2. The third kappa shape index (κ3) is 6.99. The maximum atomic E-state index is 14.1. The van der Waals surface area contributed by atoms with Crippen LogP contribution in [0.15, 0.2) is 86.6 Å². The number of nitrogens with zero attached hydrogens (tertiary/aromatic N) is 6. The van der Waals surface area contributed by atoms with Crippen LogP contribution in [0, 0.1) is 11.3 Å². The van der Waals surface area contributed by atoms with Gasteiger partial charge in [-0.15, -0.1) is 0 Å². The van der Waals surface area contributed by atoms with Gasteiger partial charge in [0, 0.05) is 57.3 Å². The lowest BCUT2D eigenvalue weighted by molar-refractivity contribution is -0.122. The molecule has 3 aromatic carbocycles. The van der Waals surface area contributed by atoms with E-state index in [9.17, 15) is 10.1 Å². The number of hydrogen-bond acceptors (Lipinski definition) is 10. The summed E-state index contributed by atoms with van der Waals surface area (Å²) in [4.78, 5) is 29.4. The summed E-state index contributed by atoms with van der Waals surface area (Å²) < 4.78 is 6.17. The third-order valence-electron chi connectivity index (χ3n) is 8.03. The van der Waals surface area contributed by atoms with Gasteiger partial charge in [0.15, 0.2) is 5.17 Å². The molecule has 1 amide bonds. The van der Waals surface area contributed by atoms with E-state index in [-0.39, 0.29) is 5.91 Å². The Morgan fingerprint density at radius 2 is 1.80 bits per heavy atom. The molecule has 2 fully saturated rings. The molecule has 3 heterocycles. The van der Waals surface area contributed by atoms with E-state index in [1.807, 2.05) is 56.4 Å². The summed E-state index contributed by atoms with van der Waals surface area (Å²) in [7, 11) is 4.16. The van der Waals surface area contributed by atoms with Crippen LogP contribution < -0.4 is 15.0 Å². The molecular formula is C34H37N7O2S2. The number of thioether (sulfide) groups is 2.